The Balaban J connectivity index is 0. The van der Waals surface area contributed by atoms with Crippen LogP contribution >= 0.6 is 28.1 Å². The number of unbranched alkanes of at least 4 members (excludes halogenated alkanes) is 7. The van der Waals surface area contributed by atoms with Crippen LogP contribution in [0.4, 0.5) is 0 Å². The van der Waals surface area contributed by atoms with Gasteiger partial charge in [0.1, 0.15) is 0 Å². The summed E-state index contributed by atoms with van der Waals surface area (Å²) in [4.78, 5) is 0. The molecule has 0 bridgehead atoms. The molecule has 0 aromatic heterocycles. The van der Waals surface area contributed by atoms with E-state index < -0.39 is 0 Å². The molecule has 0 rings (SSSR count). The Kier molecular flexibility index (Phi) is 24.9. The van der Waals surface area contributed by atoms with Crippen LogP contribution in [0.25, 0.3) is 0 Å². The summed E-state index contributed by atoms with van der Waals surface area (Å²) in [6, 6.07) is 0. The topological polar surface area (TPSA) is 0 Å². The van der Waals surface area contributed by atoms with Crippen molar-refractivity contribution in [2.75, 3.05) is 0 Å². The molecular weight excluding hydrogens is 307 g/mol. The molecule has 0 heterocycles. The minimum Gasteiger partial charge on any atom is -0.203 e. The fraction of sp³-hybridized carbons (Fsp3) is 1.00. The molecule has 0 unspecified atom stereocenters. The molecule has 0 aromatic carbocycles. The van der Waals surface area contributed by atoms with Crippen molar-refractivity contribution in [3.63, 3.8) is 0 Å². The fourth-order valence-corrected chi connectivity index (χ4v) is 1.21. The van der Waals surface area contributed by atoms with Gasteiger partial charge in [0.15, 0.2) is 0 Å². The Morgan fingerprint density at radius 3 is 1.15 bits per heavy atom. The minimum absolute atomic E-state index is 0.0417. The van der Waals surface area contributed by atoms with Crippen molar-refractivity contribution in [2.24, 2.45) is 0 Å². The molecule has 3 heteroatoms. The Hall–Kier alpha value is 1.49. The molecule has 0 nitrogen and oxygen atoms in total. The molecule has 80 valence electrons. The second kappa shape index (κ2) is 19.1. The lowest BCUT2D eigenvalue weighted by Crippen LogP contribution is -1.77. The maximum absolute atomic E-state index is 3.20. The first-order valence-corrected chi connectivity index (χ1v) is 13.2. The van der Waals surface area contributed by atoms with E-state index >= 15 is 0 Å². The molecule has 0 fully saturated rings. The predicted octanol–water partition coefficient (Wildman–Crippen LogP) is 5.19. The molecule has 0 spiro atoms. The number of hydrogen-bond acceptors (Lipinski definition) is 0. The van der Waals surface area contributed by atoms with Crippen LogP contribution in [0.3, 0.4) is 0 Å². The highest BCUT2D eigenvalue weighted by Gasteiger charge is 1.87. The third-order valence-corrected chi connectivity index (χ3v) is 1.96. The zero-order chi connectivity index (χ0) is 10.4. The van der Waals surface area contributed by atoms with Gasteiger partial charge in [-0.15, -0.1) is 0 Å². The highest BCUT2D eigenvalue weighted by molar-refractivity contribution is 9.47. The largest absolute Gasteiger partial charge is 0.435 e. The molecule has 0 N–H and O–H groups in total. The lowest BCUT2D eigenvalue weighted by molar-refractivity contribution is 0.585. The summed E-state index contributed by atoms with van der Waals surface area (Å²) in [7, 11) is 0. The van der Waals surface area contributed by atoms with E-state index in [2.05, 4.69) is 42.0 Å². The normalized spacial score (nSPS) is 8.92. The number of rotatable bonds is 7. The molecule has 0 atom stereocenters. The van der Waals surface area contributed by atoms with E-state index in [9.17, 15) is 0 Å². The SMILES string of the molecule is CCCCCCCCCC.[Br][AlH][Br]. The quantitative estimate of drug-likeness (QED) is 0.445. The molecule has 0 saturated heterocycles. The van der Waals surface area contributed by atoms with Gasteiger partial charge < -0.3 is 0 Å². The van der Waals surface area contributed by atoms with Crippen molar-refractivity contribution in [2.45, 2.75) is 65.2 Å². The molecule has 0 aliphatic carbocycles. The average molecular weight is 330 g/mol. The van der Waals surface area contributed by atoms with Gasteiger partial charge in [0.05, 0.1) is 0 Å². The molecular formula is C10H23AlBr2. The van der Waals surface area contributed by atoms with Crippen LogP contribution in [0.2, 0.25) is 0 Å². The van der Waals surface area contributed by atoms with E-state index in [0.29, 0.717) is 0 Å². The average Bonchev–Trinajstić information content (AvgIpc) is 2.13. The first-order chi connectivity index (χ1) is 6.33. The van der Waals surface area contributed by atoms with Crippen LogP contribution in [-0.4, -0.2) is 11.6 Å². The number of halogens is 2. The summed E-state index contributed by atoms with van der Waals surface area (Å²) < 4.78 is 0. The van der Waals surface area contributed by atoms with Gasteiger partial charge in [0.25, 0.3) is 0 Å². The first-order valence-electron chi connectivity index (χ1n) is 5.45. The Morgan fingerprint density at radius 1 is 0.692 bits per heavy atom. The lowest BCUT2D eigenvalue weighted by Gasteiger charge is -1.97. The van der Waals surface area contributed by atoms with Crippen molar-refractivity contribution >= 4 is 39.7 Å². The minimum atomic E-state index is 0.0417. The summed E-state index contributed by atoms with van der Waals surface area (Å²) in [6.07, 6.45) is 11.5. The number of hydrogen-bond donors (Lipinski definition) is 0. The molecule has 0 aliphatic heterocycles. The van der Waals surface area contributed by atoms with Gasteiger partial charge in [-0.1, -0.05) is 65.2 Å². The summed E-state index contributed by atoms with van der Waals surface area (Å²) in [5.74, 6) is 0. The van der Waals surface area contributed by atoms with E-state index in [1.165, 1.54) is 51.4 Å². The maximum Gasteiger partial charge on any atom is 0.435 e. The van der Waals surface area contributed by atoms with Crippen LogP contribution in [0, 0.1) is 0 Å². The summed E-state index contributed by atoms with van der Waals surface area (Å²) in [5.41, 5.74) is 0. The molecule has 0 radical (unpaired) electrons. The van der Waals surface area contributed by atoms with Gasteiger partial charge in [0.2, 0.25) is 0 Å². The Bertz CT molecular complexity index is 61.9. The van der Waals surface area contributed by atoms with Gasteiger partial charge in [-0.3, -0.25) is 0 Å². The monoisotopic (exact) mass is 328 g/mol. The van der Waals surface area contributed by atoms with Gasteiger partial charge in [0, 0.05) is 0 Å². The lowest BCUT2D eigenvalue weighted by atomic mass is 10.1. The third-order valence-electron chi connectivity index (χ3n) is 1.96. The van der Waals surface area contributed by atoms with Crippen molar-refractivity contribution in [3.8, 4) is 0 Å². The van der Waals surface area contributed by atoms with Crippen LogP contribution in [0.15, 0.2) is 0 Å². The van der Waals surface area contributed by atoms with Gasteiger partial charge >= 0.3 is 11.6 Å². The Labute approximate surface area is 104 Å². The fourth-order valence-electron chi connectivity index (χ4n) is 1.21. The van der Waals surface area contributed by atoms with Crippen molar-refractivity contribution in [1.82, 2.24) is 0 Å². The van der Waals surface area contributed by atoms with Crippen molar-refractivity contribution in [1.29, 1.82) is 0 Å². The van der Waals surface area contributed by atoms with Crippen LogP contribution in [0.5, 0.6) is 0 Å². The smallest absolute Gasteiger partial charge is 0.203 e. The zero-order valence-corrected chi connectivity index (χ0v) is 13.7. The summed E-state index contributed by atoms with van der Waals surface area (Å²) >= 11 is 6.44. The van der Waals surface area contributed by atoms with E-state index in [1.54, 1.807) is 0 Å². The van der Waals surface area contributed by atoms with Gasteiger partial charge in [-0.25, -0.2) is 28.1 Å². The standard InChI is InChI=1S/C10H22.Al.2BrH.H/c1-3-5-7-9-10-8-6-4-2;;;;/h3-10H2,1-2H3;;2*1H;/q;+2;;;/p-2. The zero-order valence-electron chi connectivity index (χ0n) is 9.12. The summed E-state index contributed by atoms with van der Waals surface area (Å²) in [6.45, 7) is 4.54. The molecule has 0 aromatic rings. The second-order valence-corrected chi connectivity index (χ2v) is 11.3. The van der Waals surface area contributed by atoms with E-state index in [4.69, 9.17) is 0 Å². The van der Waals surface area contributed by atoms with E-state index in [1.807, 2.05) is 0 Å². The van der Waals surface area contributed by atoms with Crippen molar-refractivity contribution in [3.05, 3.63) is 0 Å². The van der Waals surface area contributed by atoms with E-state index in [0.717, 1.165) is 0 Å². The second-order valence-electron chi connectivity index (χ2n) is 3.22. The summed E-state index contributed by atoms with van der Waals surface area (Å²) in [5, 5.41) is 0. The van der Waals surface area contributed by atoms with Crippen molar-refractivity contribution < 1.29 is 0 Å². The van der Waals surface area contributed by atoms with Crippen LogP contribution in [-0.2, 0) is 0 Å². The molecule has 13 heavy (non-hydrogen) atoms. The highest BCUT2D eigenvalue weighted by atomic mass is 79.9. The first kappa shape index (κ1) is 16.9. The van der Waals surface area contributed by atoms with Gasteiger partial charge in [-0.05, 0) is 0 Å². The third kappa shape index (κ3) is 24.7. The predicted molar refractivity (Wildman–Crippen MR) is 73.3 cm³/mol. The molecule has 0 aliphatic rings. The van der Waals surface area contributed by atoms with E-state index in [-0.39, 0.29) is 11.6 Å². The van der Waals surface area contributed by atoms with Gasteiger partial charge in [-0.2, -0.15) is 0 Å². The maximum atomic E-state index is 3.20. The molecule has 0 amide bonds. The van der Waals surface area contributed by atoms with Crippen LogP contribution < -0.4 is 0 Å². The van der Waals surface area contributed by atoms with Crippen LogP contribution in [0.1, 0.15) is 65.2 Å². The Morgan fingerprint density at radius 2 is 0.923 bits per heavy atom. The highest BCUT2D eigenvalue weighted by Crippen LogP contribution is 2.07. The molecule has 0 saturated carbocycles.